The minimum atomic E-state index is -0.254. The summed E-state index contributed by atoms with van der Waals surface area (Å²) in [5.41, 5.74) is 0.811. The molecule has 1 fully saturated rings. The van der Waals surface area contributed by atoms with Crippen molar-refractivity contribution in [3.05, 3.63) is 33.9 Å². The van der Waals surface area contributed by atoms with Gasteiger partial charge in [0.15, 0.2) is 6.61 Å². The van der Waals surface area contributed by atoms with Gasteiger partial charge in [-0.25, -0.2) is 9.97 Å². The Balaban J connectivity index is 1.55. The van der Waals surface area contributed by atoms with Gasteiger partial charge in [0.1, 0.15) is 10.7 Å². The zero-order chi connectivity index (χ0) is 16.7. The second-order valence-corrected chi connectivity index (χ2v) is 7.28. The van der Waals surface area contributed by atoms with Crippen LogP contribution in [0.3, 0.4) is 0 Å². The fraction of sp³-hybridized carbons (Fsp3) is 0.375. The summed E-state index contributed by atoms with van der Waals surface area (Å²) in [4.78, 5) is 33.7. The van der Waals surface area contributed by atoms with E-state index in [4.69, 9.17) is 4.74 Å². The number of anilines is 1. The molecule has 1 aliphatic heterocycles. The van der Waals surface area contributed by atoms with E-state index in [0.29, 0.717) is 23.0 Å². The third-order valence-electron chi connectivity index (χ3n) is 4.01. The highest BCUT2D eigenvalue weighted by Gasteiger charge is 2.35. The molecule has 0 saturated heterocycles. The molecule has 1 aliphatic carbocycles. The van der Waals surface area contributed by atoms with E-state index in [1.54, 1.807) is 17.4 Å². The van der Waals surface area contributed by atoms with E-state index < -0.39 is 0 Å². The van der Waals surface area contributed by atoms with E-state index >= 15 is 0 Å². The van der Waals surface area contributed by atoms with Crippen LogP contribution in [0.1, 0.15) is 39.1 Å². The molecule has 0 aromatic carbocycles. The van der Waals surface area contributed by atoms with Crippen LogP contribution in [0.5, 0.6) is 5.88 Å². The van der Waals surface area contributed by atoms with Gasteiger partial charge in [0.05, 0.1) is 11.6 Å². The monoisotopic (exact) mass is 344 g/mol. The second kappa shape index (κ2) is 5.86. The molecule has 24 heavy (non-hydrogen) atoms. The number of aromatic nitrogens is 2. The Hall–Kier alpha value is -2.48. The number of amides is 2. The summed E-state index contributed by atoms with van der Waals surface area (Å²) in [6, 6.07) is 1.52. The minimum Gasteiger partial charge on any atom is -0.466 e. The Kier molecular flexibility index (Phi) is 3.68. The second-order valence-electron chi connectivity index (χ2n) is 6.01. The van der Waals surface area contributed by atoms with E-state index in [1.165, 1.54) is 6.20 Å². The predicted octanol–water partition coefficient (Wildman–Crippen LogP) is 2.06. The molecule has 1 saturated carbocycles. The molecule has 2 amide bonds. The van der Waals surface area contributed by atoms with Crippen molar-refractivity contribution in [2.75, 3.05) is 11.9 Å². The topological polar surface area (TPSA) is 93.2 Å². The molecule has 1 atom stereocenters. The molecule has 2 aromatic heterocycles. The summed E-state index contributed by atoms with van der Waals surface area (Å²) >= 11 is 1.61. The Morgan fingerprint density at radius 2 is 2.25 bits per heavy atom. The molecule has 3 heterocycles. The van der Waals surface area contributed by atoms with E-state index in [0.717, 1.165) is 22.7 Å². The Morgan fingerprint density at radius 3 is 2.96 bits per heavy atom. The summed E-state index contributed by atoms with van der Waals surface area (Å²) in [7, 11) is 0. The fourth-order valence-electron chi connectivity index (χ4n) is 2.65. The van der Waals surface area contributed by atoms with Crippen LogP contribution in [0, 0.1) is 12.8 Å². The predicted molar refractivity (Wildman–Crippen MR) is 88.1 cm³/mol. The number of hydrogen-bond donors (Lipinski definition) is 2. The number of nitrogens with one attached hydrogen (secondary N) is 2. The third-order valence-corrected chi connectivity index (χ3v) is 5.01. The van der Waals surface area contributed by atoms with Crippen molar-refractivity contribution < 1.29 is 14.3 Å². The molecule has 0 spiro atoms. The van der Waals surface area contributed by atoms with Crippen molar-refractivity contribution in [1.82, 2.24) is 15.3 Å². The number of pyridine rings is 1. The van der Waals surface area contributed by atoms with Crippen LogP contribution in [0.4, 0.5) is 5.69 Å². The van der Waals surface area contributed by atoms with Crippen LogP contribution in [0.25, 0.3) is 0 Å². The first kappa shape index (κ1) is 15.1. The van der Waals surface area contributed by atoms with E-state index in [2.05, 4.69) is 20.6 Å². The third kappa shape index (κ3) is 2.96. The quantitative estimate of drug-likeness (QED) is 0.885. The van der Waals surface area contributed by atoms with Crippen molar-refractivity contribution in [1.29, 1.82) is 0 Å². The molecule has 7 nitrogen and oxygen atoms in total. The fourth-order valence-corrected chi connectivity index (χ4v) is 3.57. The van der Waals surface area contributed by atoms with Gasteiger partial charge < -0.3 is 15.4 Å². The normalized spacial score (nSPS) is 17.5. The van der Waals surface area contributed by atoms with Crippen LogP contribution >= 0.6 is 11.3 Å². The SMILES string of the molecule is Cc1cnc([C@@H](NC(=O)c2cnc3c(c2)NC(=O)CO3)C2CC2)s1. The number of thiazole rings is 1. The maximum atomic E-state index is 12.6. The van der Waals surface area contributed by atoms with Crippen molar-refractivity contribution in [3.63, 3.8) is 0 Å². The van der Waals surface area contributed by atoms with Crippen molar-refractivity contribution in [3.8, 4) is 5.88 Å². The van der Waals surface area contributed by atoms with Gasteiger partial charge >= 0.3 is 0 Å². The highest BCUT2D eigenvalue weighted by molar-refractivity contribution is 7.11. The highest BCUT2D eigenvalue weighted by Crippen LogP contribution is 2.42. The first-order valence-electron chi connectivity index (χ1n) is 7.76. The van der Waals surface area contributed by atoms with Crippen molar-refractivity contribution in [2.24, 2.45) is 5.92 Å². The highest BCUT2D eigenvalue weighted by atomic mass is 32.1. The molecule has 4 rings (SSSR count). The number of carbonyl (C=O) groups excluding carboxylic acids is 2. The van der Waals surface area contributed by atoms with Gasteiger partial charge in [-0.2, -0.15) is 0 Å². The molecular weight excluding hydrogens is 328 g/mol. The minimum absolute atomic E-state index is 0.0568. The van der Waals surface area contributed by atoms with Gasteiger partial charge in [0.2, 0.25) is 5.88 Å². The Morgan fingerprint density at radius 1 is 1.42 bits per heavy atom. The van der Waals surface area contributed by atoms with Crippen LogP contribution in [0.15, 0.2) is 18.5 Å². The average molecular weight is 344 g/mol. The molecule has 0 radical (unpaired) electrons. The van der Waals surface area contributed by atoms with E-state index in [-0.39, 0.29) is 24.5 Å². The summed E-state index contributed by atoms with van der Waals surface area (Å²) in [6.07, 6.45) is 5.48. The van der Waals surface area contributed by atoms with Crippen molar-refractivity contribution >= 4 is 28.8 Å². The zero-order valence-electron chi connectivity index (χ0n) is 13.0. The lowest BCUT2D eigenvalue weighted by Crippen LogP contribution is -2.31. The van der Waals surface area contributed by atoms with E-state index in [9.17, 15) is 9.59 Å². The van der Waals surface area contributed by atoms with Crippen LogP contribution in [0.2, 0.25) is 0 Å². The summed E-state index contributed by atoms with van der Waals surface area (Å²) in [5.74, 6) is 0.291. The zero-order valence-corrected chi connectivity index (χ0v) is 13.9. The largest absolute Gasteiger partial charge is 0.466 e. The van der Waals surface area contributed by atoms with E-state index in [1.807, 2.05) is 13.1 Å². The number of aryl methyl sites for hydroxylation is 1. The summed E-state index contributed by atoms with van der Waals surface area (Å²) < 4.78 is 5.21. The molecule has 124 valence electrons. The molecule has 0 bridgehead atoms. The van der Waals surface area contributed by atoms with Crippen LogP contribution < -0.4 is 15.4 Å². The number of rotatable bonds is 4. The average Bonchev–Trinajstić information content (AvgIpc) is 3.32. The number of ether oxygens (including phenoxy) is 1. The van der Waals surface area contributed by atoms with Gasteiger partial charge in [-0.05, 0) is 31.7 Å². The van der Waals surface area contributed by atoms with Crippen LogP contribution in [-0.4, -0.2) is 28.4 Å². The number of hydrogen-bond acceptors (Lipinski definition) is 6. The first-order valence-corrected chi connectivity index (χ1v) is 8.57. The molecule has 2 aromatic rings. The Bertz CT molecular complexity index is 815. The van der Waals surface area contributed by atoms with Gasteiger partial charge in [-0.3, -0.25) is 9.59 Å². The maximum absolute atomic E-state index is 12.6. The summed E-state index contributed by atoms with van der Waals surface area (Å²) in [5, 5.41) is 6.66. The molecule has 8 heteroatoms. The lowest BCUT2D eigenvalue weighted by Gasteiger charge is -2.19. The van der Waals surface area contributed by atoms with Gasteiger partial charge in [0, 0.05) is 17.3 Å². The van der Waals surface area contributed by atoms with Gasteiger partial charge in [0.25, 0.3) is 11.8 Å². The molecule has 2 aliphatic rings. The van der Waals surface area contributed by atoms with Crippen molar-refractivity contribution in [2.45, 2.75) is 25.8 Å². The number of nitrogens with zero attached hydrogens (tertiary/aromatic N) is 2. The molecule has 0 unspecified atom stereocenters. The lowest BCUT2D eigenvalue weighted by molar-refractivity contribution is -0.118. The van der Waals surface area contributed by atoms with Gasteiger partial charge in [-0.15, -0.1) is 11.3 Å². The molecular formula is C16H16N4O3S. The summed E-state index contributed by atoms with van der Waals surface area (Å²) in [6.45, 7) is 1.95. The first-order chi connectivity index (χ1) is 11.6. The molecule has 2 N–H and O–H groups in total. The standard InChI is InChI=1S/C16H16N4O3S/c1-8-5-18-16(24-8)13(9-2-3-9)20-14(22)10-4-11-15(17-6-10)23-7-12(21)19-11/h4-6,9,13H,2-3,7H2,1H3,(H,19,21)(H,20,22)/t13-/m0/s1. The van der Waals surface area contributed by atoms with Gasteiger partial charge in [-0.1, -0.05) is 0 Å². The lowest BCUT2D eigenvalue weighted by atomic mass is 10.1. The Labute approximate surface area is 142 Å². The number of carbonyl (C=O) groups is 2. The number of fused-ring (bicyclic) bond motifs is 1. The maximum Gasteiger partial charge on any atom is 0.262 e. The van der Waals surface area contributed by atoms with Crippen LogP contribution in [-0.2, 0) is 4.79 Å². The smallest absolute Gasteiger partial charge is 0.262 e.